The zero-order valence-electron chi connectivity index (χ0n) is 8.95. The first kappa shape index (κ1) is 11.1. The SMILES string of the molecule is O=c1ccc([N+](=O)[O-])cn1Cc1ccccc1. The Balaban J connectivity index is 2.36. The lowest BCUT2D eigenvalue weighted by Crippen LogP contribution is -2.19. The average Bonchev–Trinajstić information content (AvgIpc) is 2.33. The van der Waals surface area contributed by atoms with Crippen molar-refractivity contribution in [3.8, 4) is 0 Å². The van der Waals surface area contributed by atoms with Crippen molar-refractivity contribution in [3.63, 3.8) is 0 Å². The van der Waals surface area contributed by atoms with E-state index >= 15 is 0 Å². The van der Waals surface area contributed by atoms with E-state index in [-0.39, 0.29) is 11.2 Å². The number of benzene rings is 1. The minimum atomic E-state index is -0.513. The van der Waals surface area contributed by atoms with Crippen LogP contribution in [0.4, 0.5) is 5.69 Å². The van der Waals surface area contributed by atoms with Gasteiger partial charge in [0.05, 0.1) is 17.7 Å². The molecule has 1 aromatic carbocycles. The quantitative estimate of drug-likeness (QED) is 0.596. The van der Waals surface area contributed by atoms with Gasteiger partial charge in [0.1, 0.15) is 0 Å². The highest BCUT2D eigenvalue weighted by Gasteiger charge is 2.07. The van der Waals surface area contributed by atoms with Gasteiger partial charge in [-0.05, 0) is 5.56 Å². The number of rotatable bonds is 3. The zero-order valence-corrected chi connectivity index (χ0v) is 8.95. The first-order valence-electron chi connectivity index (χ1n) is 5.05. The van der Waals surface area contributed by atoms with E-state index in [1.165, 1.54) is 22.9 Å². The molecular formula is C12H10N2O3. The molecule has 0 aliphatic rings. The van der Waals surface area contributed by atoms with Crippen LogP contribution in [0.5, 0.6) is 0 Å². The molecule has 86 valence electrons. The van der Waals surface area contributed by atoms with Crippen LogP contribution in [-0.4, -0.2) is 9.49 Å². The van der Waals surface area contributed by atoms with Crippen LogP contribution in [0.2, 0.25) is 0 Å². The van der Waals surface area contributed by atoms with Gasteiger partial charge < -0.3 is 4.57 Å². The summed E-state index contributed by atoms with van der Waals surface area (Å²) >= 11 is 0. The minimum absolute atomic E-state index is 0.0828. The third-order valence-corrected chi connectivity index (χ3v) is 2.37. The van der Waals surface area contributed by atoms with Gasteiger partial charge in [-0.3, -0.25) is 14.9 Å². The molecule has 0 saturated heterocycles. The number of hydrogen-bond donors (Lipinski definition) is 0. The second-order valence-corrected chi connectivity index (χ2v) is 3.60. The van der Waals surface area contributed by atoms with Gasteiger partial charge in [-0.25, -0.2) is 0 Å². The first-order chi connectivity index (χ1) is 8.16. The molecule has 5 nitrogen and oxygen atoms in total. The molecule has 0 atom stereocenters. The standard InChI is InChI=1S/C12H10N2O3/c15-12-7-6-11(14(16)17)9-13(12)8-10-4-2-1-3-5-10/h1-7,9H,8H2. The Morgan fingerprint density at radius 1 is 1.12 bits per heavy atom. The van der Waals surface area contributed by atoms with E-state index in [0.29, 0.717) is 6.54 Å². The molecule has 0 N–H and O–H groups in total. The Hall–Kier alpha value is -2.43. The van der Waals surface area contributed by atoms with Crippen LogP contribution in [0.25, 0.3) is 0 Å². The highest BCUT2D eigenvalue weighted by molar-refractivity contribution is 5.26. The Kier molecular flexibility index (Phi) is 3.00. The monoisotopic (exact) mass is 230 g/mol. The summed E-state index contributed by atoms with van der Waals surface area (Å²) in [6.07, 6.45) is 1.26. The third-order valence-electron chi connectivity index (χ3n) is 2.37. The number of pyridine rings is 1. The lowest BCUT2D eigenvalue weighted by atomic mass is 10.2. The predicted molar refractivity (Wildman–Crippen MR) is 62.9 cm³/mol. The van der Waals surface area contributed by atoms with Crippen LogP contribution in [-0.2, 0) is 6.54 Å². The summed E-state index contributed by atoms with van der Waals surface area (Å²) in [5, 5.41) is 10.6. The van der Waals surface area contributed by atoms with Crippen molar-refractivity contribution < 1.29 is 4.92 Å². The van der Waals surface area contributed by atoms with Gasteiger partial charge in [0.25, 0.3) is 11.2 Å². The molecule has 0 saturated carbocycles. The van der Waals surface area contributed by atoms with E-state index in [2.05, 4.69) is 0 Å². The van der Waals surface area contributed by atoms with E-state index in [9.17, 15) is 14.9 Å². The fraction of sp³-hybridized carbons (Fsp3) is 0.0833. The molecule has 0 amide bonds. The third kappa shape index (κ3) is 2.57. The molecule has 1 aromatic heterocycles. The van der Waals surface area contributed by atoms with Gasteiger partial charge in [-0.2, -0.15) is 0 Å². The van der Waals surface area contributed by atoms with Gasteiger partial charge in [-0.15, -0.1) is 0 Å². The summed E-state index contributed by atoms with van der Waals surface area (Å²) in [7, 11) is 0. The highest BCUT2D eigenvalue weighted by Crippen LogP contribution is 2.08. The summed E-state index contributed by atoms with van der Waals surface area (Å²) in [4.78, 5) is 21.6. The second kappa shape index (κ2) is 4.61. The van der Waals surface area contributed by atoms with Crippen molar-refractivity contribution >= 4 is 5.69 Å². The van der Waals surface area contributed by atoms with Crippen LogP contribution < -0.4 is 5.56 Å². The molecule has 0 spiro atoms. The number of nitro groups is 1. The lowest BCUT2D eigenvalue weighted by Gasteiger charge is -2.04. The largest absolute Gasteiger partial charge is 0.304 e. The molecular weight excluding hydrogens is 220 g/mol. The number of hydrogen-bond acceptors (Lipinski definition) is 3. The van der Waals surface area contributed by atoms with Crippen molar-refractivity contribution in [1.82, 2.24) is 4.57 Å². The van der Waals surface area contributed by atoms with E-state index in [1.54, 1.807) is 0 Å². The molecule has 2 aromatic rings. The lowest BCUT2D eigenvalue weighted by molar-refractivity contribution is -0.385. The Morgan fingerprint density at radius 3 is 2.47 bits per heavy atom. The second-order valence-electron chi connectivity index (χ2n) is 3.60. The fourth-order valence-electron chi connectivity index (χ4n) is 1.53. The van der Waals surface area contributed by atoms with Gasteiger partial charge in [0, 0.05) is 12.1 Å². The van der Waals surface area contributed by atoms with Crippen molar-refractivity contribution in [1.29, 1.82) is 0 Å². The summed E-state index contributed by atoms with van der Waals surface area (Å²) < 4.78 is 1.33. The molecule has 0 fully saturated rings. The zero-order chi connectivity index (χ0) is 12.3. The van der Waals surface area contributed by atoms with Gasteiger partial charge >= 0.3 is 0 Å². The Bertz CT molecular complexity index is 590. The molecule has 0 radical (unpaired) electrons. The van der Waals surface area contributed by atoms with Gasteiger partial charge in [0.2, 0.25) is 0 Å². The topological polar surface area (TPSA) is 65.1 Å². The van der Waals surface area contributed by atoms with Crippen molar-refractivity contribution in [2.75, 3.05) is 0 Å². The minimum Gasteiger partial charge on any atom is -0.304 e. The van der Waals surface area contributed by atoms with Crippen LogP contribution in [0.15, 0.2) is 53.5 Å². The maximum Gasteiger partial charge on any atom is 0.285 e. The summed E-state index contributed by atoms with van der Waals surface area (Å²) in [6.45, 7) is 0.335. The Morgan fingerprint density at radius 2 is 1.82 bits per heavy atom. The van der Waals surface area contributed by atoms with E-state index in [1.807, 2.05) is 30.3 Å². The molecule has 0 aliphatic heterocycles. The van der Waals surface area contributed by atoms with Crippen molar-refractivity contribution in [2.24, 2.45) is 0 Å². The van der Waals surface area contributed by atoms with Gasteiger partial charge in [-0.1, -0.05) is 30.3 Å². The van der Waals surface area contributed by atoms with Crippen LogP contribution in [0.3, 0.4) is 0 Å². The Labute approximate surface area is 97.1 Å². The molecule has 17 heavy (non-hydrogen) atoms. The molecule has 0 unspecified atom stereocenters. The summed E-state index contributed by atoms with van der Waals surface area (Å²) in [5.74, 6) is 0. The fourth-order valence-corrected chi connectivity index (χ4v) is 1.53. The van der Waals surface area contributed by atoms with E-state index < -0.39 is 4.92 Å². The molecule has 5 heteroatoms. The molecule has 1 heterocycles. The average molecular weight is 230 g/mol. The first-order valence-corrected chi connectivity index (χ1v) is 5.05. The maximum absolute atomic E-state index is 11.5. The summed E-state index contributed by atoms with van der Waals surface area (Å²) in [5.41, 5.74) is 0.593. The summed E-state index contributed by atoms with van der Waals surface area (Å²) in [6, 6.07) is 11.7. The molecule has 2 rings (SSSR count). The smallest absolute Gasteiger partial charge is 0.285 e. The van der Waals surface area contributed by atoms with E-state index in [4.69, 9.17) is 0 Å². The van der Waals surface area contributed by atoms with Gasteiger partial charge in [0.15, 0.2) is 0 Å². The normalized spacial score (nSPS) is 10.1. The van der Waals surface area contributed by atoms with Crippen LogP contribution in [0.1, 0.15) is 5.56 Å². The maximum atomic E-state index is 11.5. The molecule has 0 bridgehead atoms. The molecule has 0 aliphatic carbocycles. The van der Waals surface area contributed by atoms with Crippen molar-refractivity contribution in [3.05, 3.63) is 74.7 Å². The predicted octanol–water partition coefficient (Wildman–Crippen LogP) is 1.80. The van der Waals surface area contributed by atoms with Crippen molar-refractivity contribution in [2.45, 2.75) is 6.54 Å². The highest BCUT2D eigenvalue weighted by atomic mass is 16.6. The van der Waals surface area contributed by atoms with E-state index in [0.717, 1.165) is 5.56 Å². The van der Waals surface area contributed by atoms with Crippen LogP contribution in [0, 0.1) is 10.1 Å². The van der Waals surface area contributed by atoms with Crippen LogP contribution >= 0.6 is 0 Å². The number of nitrogens with zero attached hydrogens (tertiary/aromatic N) is 2. The number of aromatic nitrogens is 1.